The van der Waals surface area contributed by atoms with Crippen molar-refractivity contribution >= 4 is 57.1 Å². The van der Waals surface area contributed by atoms with Crippen molar-refractivity contribution in [3.05, 3.63) is 74.9 Å². The van der Waals surface area contributed by atoms with Gasteiger partial charge in [0.1, 0.15) is 5.82 Å². The van der Waals surface area contributed by atoms with E-state index < -0.39 is 5.92 Å². The molecule has 0 fully saturated rings. The number of ketones is 1. The summed E-state index contributed by atoms with van der Waals surface area (Å²) in [6.07, 6.45) is 1.95. The normalized spacial score (nSPS) is 18.1. The van der Waals surface area contributed by atoms with Gasteiger partial charge in [0, 0.05) is 33.2 Å². The van der Waals surface area contributed by atoms with Gasteiger partial charge in [0.05, 0.1) is 17.6 Å². The quantitative estimate of drug-likeness (QED) is 0.350. The molecule has 2 aliphatic rings. The van der Waals surface area contributed by atoms with Gasteiger partial charge in [-0.1, -0.05) is 60.4 Å². The number of hydrogen-bond acceptors (Lipinski definition) is 10. The molecule has 35 heavy (non-hydrogen) atoms. The van der Waals surface area contributed by atoms with Gasteiger partial charge in [-0.3, -0.25) is 9.69 Å². The van der Waals surface area contributed by atoms with Gasteiger partial charge >= 0.3 is 0 Å². The molecule has 0 amide bonds. The van der Waals surface area contributed by atoms with Crippen molar-refractivity contribution in [2.24, 2.45) is 5.73 Å². The molecule has 5 rings (SSSR count). The van der Waals surface area contributed by atoms with Crippen LogP contribution in [0.15, 0.2) is 73.7 Å². The maximum Gasteiger partial charge on any atom is 0.219 e. The van der Waals surface area contributed by atoms with Gasteiger partial charge in [0.25, 0.3) is 0 Å². The van der Waals surface area contributed by atoms with Crippen molar-refractivity contribution in [2.75, 3.05) is 10.7 Å². The highest BCUT2D eigenvalue weighted by Crippen LogP contribution is 2.50. The summed E-state index contributed by atoms with van der Waals surface area (Å²) in [5.74, 6) is 1.72. The number of Topliss-reactive ketones (excluding diaryl/α,β-unsaturated/α-hetero) is 1. The monoisotopic (exact) mass is 537 g/mol. The molecule has 0 saturated carbocycles. The molecule has 2 aromatic heterocycles. The zero-order valence-corrected chi connectivity index (χ0v) is 22.3. The first-order valence-corrected chi connectivity index (χ1v) is 15.0. The van der Waals surface area contributed by atoms with Crippen LogP contribution < -0.4 is 10.6 Å². The Balaban J connectivity index is 1.54. The lowest BCUT2D eigenvalue weighted by Gasteiger charge is -2.37. The molecule has 0 spiro atoms. The Labute approximate surface area is 220 Å². The summed E-state index contributed by atoms with van der Waals surface area (Å²) >= 11 is 6.37. The fourth-order valence-corrected chi connectivity index (χ4v) is 8.32. The predicted octanol–water partition coefficient (Wildman–Crippen LogP) is 6.31. The highest BCUT2D eigenvalue weighted by Gasteiger charge is 2.42. The highest BCUT2D eigenvalue weighted by atomic mass is 32.2. The minimum Gasteiger partial charge on any atom is -0.384 e. The largest absolute Gasteiger partial charge is 0.384 e. The van der Waals surface area contributed by atoms with Crippen molar-refractivity contribution in [1.29, 1.82) is 5.26 Å². The lowest BCUT2D eigenvalue weighted by Crippen LogP contribution is -2.38. The predicted molar refractivity (Wildman–Crippen MR) is 145 cm³/mol. The van der Waals surface area contributed by atoms with Crippen LogP contribution in [0.1, 0.15) is 42.5 Å². The van der Waals surface area contributed by atoms with Gasteiger partial charge in [-0.2, -0.15) is 5.26 Å². The number of hydrogen-bond donors (Lipinski definition) is 1. The van der Waals surface area contributed by atoms with Crippen molar-refractivity contribution in [2.45, 2.75) is 47.1 Å². The fourth-order valence-electron chi connectivity index (χ4n) is 4.43. The first kappa shape index (κ1) is 24.1. The minimum atomic E-state index is -0.423. The van der Waals surface area contributed by atoms with Gasteiger partial charge in [-0.15, -0.1) is 33.3 Å². The van der Waals surface area contributed by atoms with E-state index in [1.807, 2.05) is 28.5 Å². The molecule has 6 nitrogen and oxygen atoms in total. The van der Waals surface area contributed by atoms with Crippen molar-refractivity contribution in [3.63, 3.8) is 0 Å². The van der Waals surface area contributed by atoms with Crippen LogP contribution in [-0.2, 0) is 10.5 Å². The number of allylic oxidation sites excluding steroid dienone is 3. The SMILES string of the molecule is CCSc1ccsc1C1C(C#N)=C(N)N(c2nnc(SCc3ccccc3)s2)C2=C1C(=O)CCC2. The van der Waals surface area contributed by atoms with Crippen LogP contribution in [-0.4, -0.2) is 21.7 Å². The number of aromatic nitrogens is 2. The van der Waals surface area contributed by atoms with E-state index >= 15 is 0 Å². The third-order valence-electron chi connectivity index (χ3n) is 5.92. The maximum atomic E-state index is 13.3. The average Bonchev–Trinajstić information content (AvgIpc) is 3.53. The lowest BCUT2D eigenvalue weighted by molar-refractivity contribution is -0.116. The van der Waals surface area contributed by atoms with Crippen LogP contribution in [0, 0.1) is 11.3 Å². The maximum absolute atomic E-state index is 13.3. The molecule has 1 atom stereocenters. The lowest BCUT2D eigenvalue weighted by atomic mass is 9.78. The Morgan fingerprint density at radius 3 is 2.80 bits per heavy atom. The van der Waals surface area contributed by atoms with Gasteiger partial charge in [0.2, 0.25) is 5.13 Å². The number of benzene rings is 1. The number of rotatable bonds is 7. The second-order valence-corrected chi connectivity index (χ2v) is 12.5. The first-order valence-electron chi connectivity index (χ1n) is 11.3. The van der Waals surface area contributed by atoms with Crippen LogP contribution in [0.5, 0.6) is 0 Å². The Bertz CT molecular complexity index is 1350. The number of anilines is 1. The van der Waals surface area contributed by atoms with Crippen LogP contribution in [0.2, 0.25) is 0 Å². The van der Waals surface area contributed by atoms with Crippen LogP contribution in [0.3, 0.4) is 0 Å². The molecule has 2 N–H and O–H groups in total. The van der Waals surface area contributed by atoms with E-state index in [-0.39, 0.29) is 5.78 Å². The van der Waals surface area contributed by atoms with Crippen LogP contribution in [0.25, 0.3) is 0 Å². The average molecular weight is 538 g/mol. The van der Waals surface area contributed by atoms with E-state index in [0.717, 1.165) is 37.7 Å². The zero-order valence-electron chi connectivity index (χ0n) is 19.1. The summed E-state index contributed by atoms with van der Waals surface area (Å²) in [6.45, 7) is 2.10. The molecule has 0 saturated heterocycles. The Hall–Kier alpha value is -2.58. The topological polar surface area (TPSA) is 95.9 Å². The minimum absolute atomic E-state index is 0.0885. The Kier molecular flexibility index (Phi) is 7.29. The Morgan fingerprint density at radius 2 is 2.03 bits per heavy atom. The highest BCUT2D eigenvalue weighted by molar-refractivity contribution is 8.00. The summed E-state index contributed by atoms with van der Waals surface area (Å²) in [5.41, 5.74) is 9.85. The molecule has 3 heterocycles. The zero-order chi connectivity index (χ0) is 24.4. The third-order valence-corrected chi connectivity index (χ3v) is 10.1. The van der Waals surface area contributed by atoms with Gasteiger partial charge in [-0.05, 0) is 35.6 Å². The molecule has 1 aliphatic heterocycles. The molecule has 1 unspecified atom stereocenters. The number of thioether (sulfide) groups is 2. The van der Waals surface area contributed by atoms with Crippen molar-refractivity contribution in [3.8, 4) is 6.07 Å². The molecule has 1 aliphatic carbocycles. The van der Waals surface area contributed by atoms with E-state index in [9.17, 15) is 10.1 Å². The van der Waals surface area contributed by atoms with Crippen LogP contribution >= 0.6 is 46.2 Å². The second kappa shape index (κ2) is 10.6. The van der Waals surface area contributed by atoms with E-state index in [2.05, 4.69) is 41.4 Å². The van der Waals surface area contributed by atoms with Crippen LogP contribution in [0.4, 0.5) is 5.13 Å². The molecule has 3 aromatic rings. The van der Waals surface area contributed by atoms with Gasteiger partial charge in [0.15, 0.2) is 10.1 Å². The fraction of sp³-hybridized carbons (Fsp3) is 0.280. The first-order chi connectivity index (χ1) is 17.1. The number of thiophene rings is 1. The second-order valence-electron chi connectivity index (χ2n) is 8.02. The number of nitrogens with zero attached hydrogens (tertiary/aromatic N) is 4. The molecule has 1 aromatic carbocycles. The van der Waals surface area contributed by atoms with E-state index in [4.69, 9.17) is 5.73 Å². The van der Waals surface area contributed by atoms with Crippen molar-refractivity contribution < 1.29 is 4.79 Å². The number of carbonyl (C=O) groups excluding carboxylic acids is 1. The number of nitrogens with two attached hydrogens (primary N) is 1. The standard InChI is InChI=1S/C25H23N5OS4/c1-2-32-19-11-12-33-22(19)20-16(13-26)23(27)30(17-9-6-10-18(31)21(17)20)24-28-29-25(35-24)34-14-15-7-4-3-5-8-15/h3-5,7-8,11-12,20H,2,6,9-10,14,27H2,1H3. The molecule has 10 heteroatoms. The smallest absolute Gasteiger partial charge is 0.219 e. The molecular weight excluding hydrogens is 515 g/mol. The summed E-state index contributed by atoms with van der Waals surface area (Å²) in [4.78, 5) is 17.3. The number of carbonyl (C=O) groups is 1. The van der Waals surface area contributed by atoms with E-state index in [1.165, 1.54) is 16.9 Å². The number of nitriles is 1. The molecule has 0 bridgehead atoms. The summed E-state index contributed by atoms with van der Waals surface area (Å²) in [5, 5.41) is 21.6. The summed E-state index contributed by atoms with van der Waals surface area (Å²) in [7, 11) is 0. The van der Waals surface area contributed by atoms with Gasteiger partial charge < -0.3 is 5.73 Å². The van der Waals surface area contributed by atoms with E-state index in [0.29, 0.717) is 34.9 Å². The van der Waals surface area contributed by atoms with Gasteiger partial charge in [-0.25, -0.2) is 0 Å². The summed E-state index contributed by atoms with van der Waals surface area (Å²) in [6, 6.07) is 14.6. The molecular formula is C25H23N5OS4. The Morgan fingerprint density at radius 1 is 1.20 bits per heavy atom. The summed E-state index contributed by atoms with van der Waals surface area (Å²) < 4.78 is 0.821. The molecule has 178 valence electrons. The van der Waals surface area contributed by atoms with E-state index in [1.54, 1.807) is 34.9 Å². The third kappa shape index (κ3) is 4.66. The molecule has 0 radical (unpaired) electrons. The van der Waals surface area contributed by atoms with Crippen molar-refractivity contribution in [1.82, 2.24) is 10.2 Å².